The number of imidazole rings is 3. The Bertz CT molecular complexity index is 8180. The van der Waals surface area contributed by atoms with Gasteiger partial charge in [-0.3, -0.25) is 15.0 Å². The number of hydrogen-bond acceptors (Lipinski definition) is 12. The molecule has 12 heterocycles. The van der Waals surface area contributed by atoms with Crippen LogP contribution >= 0.6 is 0 Å². The topological polar surface area (TPSA) is 170 Å². The Kier molecular flexibility index (Phi) is 34.3. The Morgan fingerprint density at radius 3 is 1.30 bits per heavy atom. The Labute approximate surface area is 896 Å². The van der Waals surface area contributed by atoms with E-state index in [9.17, 15) is 0 Å². The number of hydrogen-bond donors (Lipinski definition) is 0. The largest absolute Gasteiger partial charge is 0 e. The summed E-state index contributed by atoms with van der Waals surface area (Å²) in [5, 5.41) is 6.19. The Hall–Kier alpha value is -11.5. The maximum Gasteiger partial charge on any atom is 0 e. The molecule has 22 rings (SSSR count). The van der Waals surface area contributed by atoms with Crippen molar-refractivity contribution >= 4 is 152 Å². The molecule has 144 heavy (non-hydrogen) atoms. The zero-order valence-electron chi connectivity index (χ0n) is 86.5. The molecule has 22 aromatic rings. The van der Waals surface area contributed by atoms with Crippen molar-refractivity contribution in [3.63, 3.8) is 0 Å². The molecule has 0 saturated heterocycles. The molecule has 12 aromatic heterocycles. The second-order valence-electron chi connectivity index (χ2n) is 42.1. The van der Waals surface area contributed by atoms with Crippen molar-refractivity contribution in [2.75, 3.05) is 0 Å². The third kappa shape index (κ3) is 24.2. The smallest absolute Gasteiger partial charge is 0 e. The molecule has 0 unspecified atom stereocenters. The number of pyridine rings is 6. The summed E-state index contributed by atoms with van der Waals surface area (Å²) >= 11 is -5.29. The summed E-state index contributed by atoms with van der Waals surface area (Å²) in [4.78, 5) is 42.7. The van der Waals surface area contributed by atoms with Crippen molar-refractivity contribution < 1.29 is 73.6 Å². The van der Waals surface area contributed by atoms with Crippen LogP contribution in [0, 0.1) is 50.2 Å². The summed E-state index contributed by atoms with van der Waals surface area (Å²) in [5.74, 6) is 25.3. The molecule has 0 amide bonds. The molecule has 739 valence electrons. The number of nitrogens with zero attached hydrogens (tertiary/aromatic N) is 12. The third-order valence-corrected chi connectivity index (χ3v) is 38.4. The van der Waals surface area contributed by atoms with Gasteiger partial charge in [-0.2, -0.15) is 0 Å². The zero-order valence-corrected chi connectivity index (χ0v) is 99.9. The summed E-state index contributed by atoms with van der Waals surface area (Å²) in [6.07, 6.45) is 8.34. The molecule has 0 N–H and O–H groups in total. The molecule has 0 aliphatic heterocycles. The SMILES string of the molecule is CC(C)c1cc(-c2[c-]cccc2)nc[c]1[Ge]([CH3])([CH3])[CH3].CC(C)n1c(-c2[c-]cc3oc4nc(C(C)(C)C)ccc4c3c2)nc2ccccc21.CCC(CC)c1ccc2c(n1)oc1c[c-]c(-c3nc4ccccc4n3-c3ccccc3)cc12.Cc1c[c-]c(-c2cc[c]([Ge]([CH3])([CH3])[CH3])cn2)cc1.Cc1ccc2c(n1)oc1c[c-]c(-c3nc4ccccc4n3C(C)(C)C)cc12.[CH3][Ge]([CH3])([CH3])[c]1ccc(-c2[c-]cccc2)nc1.[Ir].[Ir].[Ir]. The Morgan fingerprint density at radius 1 is 0.368 bits per heavy atom. The van der Waals surface area contributed by atoms with Gasteiger partial charge < -0.3 is 27.0 Å². The molecular formula is C123H124Ge3Ir3N12O3-6. The molecule has 0 fully saturated rings. The molecule has 0 aliphatic rings. The van der Waals surface area contributed by atoms with Crippen LogP contribution in [0.25, 0.3) is 173 Å². The second-order valence-corrected chi connectivity index (χ2v) is 73.9. The standard InChI is InChI=1S/C29H24N3O.C25H24N3O.C23H20N3O.C17H22GeN.C15H18GeN.C14H16GeN.3Ir/c1-3-19(4-2)24-16-15-22-23-18-20(14-17-27(23)33-29(22)31-24)28-30-25-12-8-9-13-26(25)32(28)21-10-6-5-7-11-21;1-15(2)28-20-9-7-6-8-19(20)26-23(28)16-10-12-21-18(14-16)17-11-13-22(25(3,4)5)27-24(17)29-21;1-14-9-11-16-17-13-15(10-12-20(17)27-22(16)24-14)21-25-18-7-5-6-8-19(18)26(21)23(2,3)4;1-13(2)15-11-17(14-9-7-6-8-10-14)19-12-16(15)18(3,4)5;1-12-5-7-13(8-6-12)15-10-9-14(11-17-15)16(2,3)4;1-15(2,3)13-9-10-14(16-11-13)12-7-5-4-6-8-12;;;/h5-13,15-19H,3-4H2,1-2H3;6-9,11-15H,1-5H3;5-9,11-13H,1-4H3;6-9,11-13H,1-5H3;5-7,9-11H,1-4H3;4-7,9-11H,1-3H3;;;/q6*-1;;;. The van der Waals surface area contributed by atoms with E-state index < -0.39 is 39.8 Å². The number of rotatable bonds is 15. The van der Waals surface area contributed by atoms with Crippen molar-refractivity contribution in [1.29, 1.82) is 0 Å². The van der Waals surface area contributed by atoms with E-state index in [1.165, 1.54) is 24.3 Å². The monoisotopic (exact) mass is 2620 g/mol. The van der Waals surface area contributed by atoms with E-state index in [1.807, 2.05) is 141 Å². The number of para-hydroxylation sites is 7. The van der Waals surface area contributed by atoms with E-state index in [0.29, 0.717) is 35.0 Å². The maximum atomic E-state index is 6.13. The maximum absolute atomic E-state index is 6.13. The summed E-state index contributed by atoms with van der Waals surface area (Å²) < 4.78 is 29.2. The van der Waals surface area contributed by atoms with Crippen molar-refractivity contribution in [3.8, 4) is 73.6 Å². The summed E-state index contributed by atoms with van der Waals surface area (Å²) in [7, 11) is 0. The van der Waals surface area contributed by atoms with Crippen molar-refractivity contribution in [1.82, 2.24) is 58.6 Å². The summed E-state index contributed by atoms with van der Waals surface area (Å²) in [6, 6.07) is 113. The second kappa shape index (κ2) is 45.6. The first-order valence-corrected chi connectivity index (χ1v) is 71.0. The number of aryl methyl sites for hydroxylation is 2. The van der Waals surface area contributed by atoms with E-state index in [-0.39, 0.29) is 71.3 Å². The zero-order chi connectivity index (χ0) is 99.6. The molecule has 0 bridgehead atoms. The fourth-order valence-corrected chi connectivity index (χ4v) is 25.7. The quantitative estimate of drug-likeness (QED) is 0.0704. The normalized spacial score (nSPS) is 11.8. The van der Waals surface area contributed by atoms with Gasteiger partial charge in [0.25, 0.3) is 0 Å². The Balaban J connectivity index is 0.000000139. The van der Waals surface area contributed by atoms with Gasteiger partial charge in [0.15, 0.2) is 0 Å². The molecule has 10 aromatic carbocycles. The molecule has 15 nitrogen and oxygen atoms in total. The van der Waals surface area contributed by atoms with E-state index in [4.69, 9.17) is 38.2 Å². The third-order valence-electron chi connectivity index (χ3n) is 25.6. The van der Waals surface area contributed by atoms with Crippen molar-refractivity contribution in [2.45, 2.75) is 190 Å². The van der Waals surface area contributed by atoms with Crippen LogP contribution in [0.3, 0.4) is 0 Å². The summed E-state index contributed by atoms with van der Waals surface area (Å²) in [5.41, 5.74) is 26.5. The first kappa shape index (κ1) is 108. The molecule has 0 aliphatic carbocycles. The van der Waals surface area contributed by atoms with Gasteiger partial charge in [0.1, 0.15) is 0 Å². The predicted octanol–water partition coefficient (Wildman–Crippen LogP) is 30.9. The number of benzene rings is 10. The fraction of sp³-hybridized carbons (Fsp3) is 0.244. The van der Waals surface area contributed by atoms with Gasteiger partial charge in [-0.1, -0.05) is 105 Å². The van der Waals surface area contributed by atoms with E-state index in [0.717, 1.165) is 186 Å². The molecule has 0 atom stereocenters. The number of aromatic nitrogens is 12. The molecule has 3 radical (unpaired) electrons. The van der Waals surface area contributed by atoms with Crippen molar-refractivity contribution in [3.05, 3.63) is 356 Å². The van der Waals surface area contributed by atoms with E-state index >= 15 is 0 Å². The average Bonchev–Trinajstić information content (AvgIpc) is 1.60. The first-order chi connectivity index (χ1) is 67.4. The van der Waals surface area contributed by atoms with Gasteiger partial charge in [-0.05, 0) is 139 Å². The van der Waals surface area contributed by atoms with Crippen LogP contribution in [-0.4, -0.2) is 98.4 Å². The van der Waals surface area contributed by atoms with Crippen LogP contribution in [-0.2, 0) is 71.3 Å². The molecule has 21 heteroatoms. The van der Waals surface area contributed by atoms with Gasteiger partial charge in [0.2, 0.25) is 17.1 Å². The minimum absolute atomic E-state index is 0. The minimum atomic E-state index is -1.85. The van der Waals surface area contributed by atoms with Crippen LogP contribution in [0.1, 0.15) is 142 Å². The molecular weight excluding hydrogens is 2490 g/mol. The van der Waals surface area contributed by atoms with Crippen LogP contribution in [0.15, 0.2) is 305 Å². The predicted molar refractivity (Wildman–Crippen MR) is 594 cm³/mol. The van der Waals surface area contributed by atoms with Crippen LogP contribution in [0.2, 0.25) is 51.8 Å². The van der Waals surface area contributed by atoms with E-state index in [1.54, 1.807) is 0 Å². The number of fused-ring (bicyclic) bond motifs is 12. The van der Waals surface area contributed by atoms with Gasteiger partial charge >= 0.3 is 325 Å². The molecule has 0 saturated carbocycles. The first-order valence-electron chi connectivity index (χ1n) is 49.0. The summed E-state index contributed by atoms with van der Waals surface area (Å²) in [6.45, 7) is 30.4. The van der Waals surface area contributed by atoms with E-state index in [2.05, 4.69) is 370 Å². The van der Waals surface area contributed by atoms with Crippen LogP contribution in [0.4, 0.5) is 0 Å². The van der Waals surface area contributed by atoms with Gasteiger partial charge in [0.05, 0.1) is 67.3 Å². The van der Waals surface area contributed by atoms with Crippen molar-refractivity contribution in [2.24, 2.45) is 0 Å². The fourth-order valence-electron chi connectivity index (χ4n) is 17.8. The van der Waals surface area contributed by atoms with Gasteiger partial charge in [0, 0.05) is 122 Å². The van der Waals surface area contributed by atoms with Crippen LogP contribution in [0.5, 0.6) is 0 Å². The van der Waals surface area contributed by atoms with Crippen LogP contribution < -0.4 is 13.2 Å². The average molecular weight is 2610 g/mol. The molecule has 0 spiro atoms. The van der Waals surface area contributed by atoms with Gasteiger partial charge in [-0.15, -0.1) is 71.3 Å². The Morgan fingerprint density at radius 2 is 0.812 bits per heavy atom. The number of furan rings is 3. The van der Waals surface area contributed by atoms with Gasteiger partial charge in [-0.25, -0.2) is 15.0 Å². The minimum Gasteiger partial charge on any atom is 0 e.